The van der Waals surface area contributed by atoms with Gasteiger partial charge in [-0.05, 0) is 42.5 Å². The van der Waals surface area contributed by atoms with Crippen LogP contribution in [0.15, 0.2) is 30.3 Å². The second kappa shape index (κ2) is 8.40. The van der Waals surface area contributed by atoms with Gasteiger partial charge in [-0.1, -0.05) is 29.3 Å². The van der Waals surface area contributed by atoms with Gasteiger partial charge in [-0.15, -0.1) is 0 Å². The highest BCUT2D eigenvalue weighted by atomic mass is 35.5. The van der Waals surface area contributed by atoms with Crippen molar-refractivity contribution < 1.29 is 23.1 Å². The van der Waals surface area contributed by atoms with Crippen LogP contribution >= 0.6 is 23.2 Å². The standard InChI is InChI=1S/C21H18Cl2F2N2O3/c22-16-9-15(26-5-6-30-21(26)29)10-17(23)20(16)27-11-12(1-4-19(27)28)7-13-2-3-14(24)8-18(13)25/h2-3,8-10,12H,1,4-7,11H2. The summed E-state index contributed by atoms with van der Waals surface area (Å²) in [4.78, 5) is 27.3. The Morgan fingerprint density at radius 2 is 1.80 bits per heavy atom. The molecule has 0 bridgehead atoms. The summed E-state index contributed by atoms with van der Waals surface area (Å²) < 4.78 is 32.1. The molecule has 2 aliphatic rings. The summed E-state index contributed by atoms with van der Waals surface area (Å²) in [6.45, 7) is 0.973. The van der Waals surface area contributed by atoms with Crippen LogP contribution in [0.1, 0.15) is 18.4 Å². The van der Waals surface area contributed by atoms with E-state index in [2.05, 4.69) is 0 Å². The molecule has 0 aromatic heterocycles. The molecule has 2 heterocycles. The van der Waals surface area contributed by atoms with Gasteiger partial charge in [-0.25, -0.2) is 13.6 Å². The summed E-state index contributed by atoms with van der Waals surface area (Å²) in [5.74, 6) is -1.40. The molecule has 30 heavy (non-hydrogen) atoms. The predicted octanol–water partition coefficient (Wildman–Crippen LogP) is 5.21. The highest BCUT2D eigenvalue weighted by Crippen LogP contribution is 2.40. The van der Waals surface area contributed by atoms with E-state index in [4.69, 9.17) is 27.9 Å². The van der Waals surface area contributed by atoms with Gasteiger partial charge < -0.3 is 9.64 Å². The number of amides is 2. The van der Waals surface area contributed by atoms with Crippen molar-refractivity contribution in [3.63, 3.8) is 0 Å². The molecule has 0 N–H and O–H groups in total. The molecular formula is C21H18Cl2F2N2O3. The summed E-state index contributed by atoms with van der Waals surface area (Å²) in [6.07, 6.45) is 0.729. The van der Waals surface area contributed by atoms with Gasteiger partial charge in [0, 0.05) is 19.0 Å². The van der Waals surface area contributed by atoms with Gasteiger partial charge in [0.05, 0.1) is 28.0 Å². The number of halogens is 4. The molecular weight excluding hydrogens is 437 g/mol. The largest absolute Gasteiger partial charge is 0.447 e. The van der Waals surface area contributed by atoms with Crippen molar-refractivity contribution in [3.8, 4) is 0 Å². The average Bonchev–Trinajstić information content (AvgIpc) is 3.11. The van der Waals surface area contributed by atoms with Crippen LogP contribution in [-0.4, -0.2) is 31.7 Å². The summed E-state index contributed by atoms with van der Waals surface area (Å²) in [5, 5.41) is 0.471. The molecule has 0 aliphatic carbocycles. The van der Waals surface area contributed by atoms with Crippen molar-refractivity contribution >= 4 is 46.6 Å². The summed E-state index contributed by atoms with van der Waals surface area (Å²) in [6, 6.07) is 6.66. The van der Waals surface area contributed by atoms with Crippen molar-refractivity contribution in [3.05, 3.63) is 57.6 Å². The molecule has 1 unspecified atom stereocenters. The van der Waals surface area contributed by atoms with Crippen LogP contribution in [0.25, 0.3) is 0 Å². The van der Waals surface area contributed by atoms with Crippen molar-refractivity contribution in [2.75, 3.05) is 29.5 Å². The molecule has 4 rings (SSSR count). The number of nitrogens with zero attached hydrogens (tertiary/aromatic N) is 2. The van der Waals surface area contributed by atoms with E-state index in [1.165, 1.54) is 21.9 Å². The second-order valence-electron chi connectivity index (χ2n) is 7.37. The lowest BCUT2D eigenvalue weighted by atomic mass is 9.90. The molecule has 2 aromatic carbocycles. The van der Waals surface area contributed by atoms with E-state index < -0.39 is 17.7 Å². The number of hydrogen-bond donors (Lipinski definition) is 0. The van der Waals surface area contributed by atoms with Crippen LogP contribution < -0.4 is 9.80 Å². The SMILES string of the molecule is O=C1OCCN1c1cc(Cl)c(N2CC(Cc3ccc(F)cc3F)CCC2=O)c(Cl)c1. The molecule has 9 heteroatoms. The molecule has 1 atom stereocenters. The maximum absolute atomic E-state index is 14.0. The highest BCUT2D eigenvalue weighted by Gasteiger charge is 2.31. The fourth-order valence-electron chi connectivity index (χ4n) is 3.89. The van der Waals surface area contributed by atoms with Gasteiger partial charge in [-0.3, -0.25) is 9.69 Å². The van der Waals surface area contributed by atoms with Gasteiger partial charge in [0.25, 0.3) is 0 Å². The fraction of sp³-hybridized carbons (Fsp3) is 0.333. The molecule has 2 fully saturated rings. The van der Waals surface area contributed by atoms with Gasteiger partial charge in [0.2, 0.25) is 5.91 Å². The molecule has 0 saturated carbocycles. The highest BCUT2D eigenvalue weighted by molar-refractivity contribution is 6.40. The first-order valence-corrected chi connectivity index (χ1v) is 10.3. The maximum Gasteiger partial charge on any atom is 0.414 e. The molecule has 0 radical (unpaired) electrons. The van der Waals surface area contributed by atoms with E-state index in [-0.39, 0.29) is 34.9 Å². The first-order chi connectivity index (χ1) is 14.3. The first-order valence-electron chi connectivity index (χ1n) is 9.51. The summed E-state index contributed by atoms with van der Waals surface area (Å²) in [7, 11) is 0. The monoisotopic (exact) mass is 454 g/mol. The summed E-state index contributed by atoms with van der Waals surface area (Å²) >= 11 is 12.9. The Balaban J connectivity index is 1.57. The second-order valence-corrected chi connectivity index (χ2v) is 8.19. The predicted molar refractivity (Wildman–Crippen MR) is 110 cm³/mol. The quantitative estimate of drug-likeness (QED) is 0.636. The Morgan fingerprint density at radius 1 is 1.07 bits per heavy atom. The van der Waals surface area contributed by atoms with Crippen LogP contribution in [0.3, 0.4) is 0 Å². The molecule has 2 amide bonds. The van der Waals surface area contributed by atoms with Crippen LogP contribution in [-0.2, 0) is 16.0 Å². The van der Waals surface area contributed by atoms with E-state index in [1.807, 2.05) is 0 Å². The number of ether oxygens (including phenoxy) is 1. The third kappa shape index (κ3) is 4.09. The van der Waals surface area contributed by atoms with Gasteiger partial charge in [0.15, 0.2) is 0 Å². The molecule has 5 nitrogen and oxygen atoms in total. The van der Waals surface area contributed by atoms with E-state index >= 15 is 0 Å². The zero-order chi connectivity index (χ0) is 21.4. The Kier molecular flexibility index (Phi) is 5.84. The summed E-state index contributed by atoms with van der Waals surface area (Å²) in [5.41, 5.74) is 1.25. The molecule has 2 aromatic rings. The Labute approximate surface area is 182 Å². The van der Waals surface area contributed by atoms with Crippen LogP contribution in [0.5, 0.6) is 0 Å². The zero-order valence-corrected chi connectivity index (χ0v) is 17.3. The van der Waals surface area contributed by atoms with E-state index in [9.17, 15) is 18.4 Å². The minimum atomic E-state index is -0.628. The lowest BCUT2D eigenvalue weighted by molar-refractivity contribution is -0.120. The normalized spacial score (nSPS) is 19.4. The molecule has 0 spiro atoms. The lowest BCUT2D eigenvalue weighted by Crippen LogP contribution is -2.41. The van der Waals surface area contributed by atoms with Crippen molar-refractivity contribution in [1.82, 2.24) is 0 Å². The number of cyclic esters (lactones) is 1. The number of piperidine rings is 1. The van der Waals surface area contributed by atoms with Crippen LogP contribution in [0, 0.1) is 17.6 Å². The number of rotatable bonds is 4. The number of benzene rings is 2. The third-order valence-electron chi connectivity index (χ3n) is 5.38. The Bertz CT molecular complexity index is 995. The van der Waals surface area contributed by atoms with Gasteiger partial charge in [0.1, 0.15) is 18.2 Å². The fourth-order valence-corrected chi connectivity index (χ4v) is 4.57. The van der Waals surface area contributed by atoms with Crippen LogP contribution in [0.4, 0.5) is 25.0 Å². The minimum Gasteiger partial charge on any atom is -0.447 e. The van der Waals surface area contributed by atoms with E-state index in [0.717, 1.165) is 6.07 Å². The van der Waals surface area contributed by atoms with Crippen molar-refractivity contribution in [1.29, 1.82) is 0 Å². The first kappa shape index (κ1) is 20.9. The van der Waals surface area contributed by atoms with Crippen molar-refractivity contribution in [2.45, 2.75) is 19.3 Å². The Morgan fingerprint density at radius 3 is 2.43 bits per heavy atom. The number of carbonyl (C=O) groups excluding carboxylic acids is 2. The number of hydrogen-bond acceptors (Lipinski definition) is 3. The molecule has 158 valence electrons. The van der Waals surface area contributed by atoms with Gasteiger partial charge >= 0.3 is 6.09 Å². The number of carbonyl (C=O) groups is 2. The van der Waals surface area contributed by atoms with Crippen molar-refractivity contribution in [2.24, 2.45) is 5.92 Å². The third-order valence-corrected chi connectivity index (χ3v) is 5.95. The molecule has 2 saturated heterocycles. The maximum atomic E-state index is 14.0. The smallest absolute Gasteiger partial charge is 0.414 e. The molecule has 2 aliphatic heterocycles. The lowest BCUT2D eigenvalue weighted by Gasteiger charge is -2.34. The van der Waals surface area contributed by atoms with E-state index in [0.29, 0.717) is 42.9 Å². The minimum absolute atomic E-state index is 0.0389. The average molecular weight is 455 g/mol. The Hall–Kier alpha value is -2.38. The van der Waals surface area contributed by atoms with Gasteiger partial charge in [-0.2, -0.15) is 0 Å². The number of anilines is 2. The topological polar surface area (TPSA) is 49.9 Å². The zero-order valence-electron chi connectivity index (χ0n) is 15.8. The van der Waals surface area contributed by atoms with Crippen LogP contribution in [0.2, 0.25) is 10.0 Å². The van der Waals surface area contributed by atoms with E-state index in [1.54, 1.807) is 12.1 Å².